The fourth-order valence-electron chi connectivity index (χ4n) is 1.67. The number of benzene rings is 1. The highest BCUT2D eigenvalue weighted by atomic mass is 32.2. The Morgan fingerprint density at radius 1 is 1.29 bits per heavy atom. The molecule has 0 saturated heterocycles. The van der Waals surface area contributed by atoms with Crippen LogP contribution < -0.4 is 10.7 Å². The first kappa shape index (κ1) is 15.2. The van der Waals surface area contributed by atoms with Gasteiger partial charge in [-0.05, 0) is 31.2 Å². The number of nitrogens with one attached hydrogen (secondary N) is 2. The van der Waals surface area contributed by atoms with Crippen LogP contribution in [0.2, 0.25) is 0 Å². The monoisotopic (exact) mass is 310 g/mol. The molecule has 2 rings (SSSR count). The highest BCUT2D eigenvalue weighted by Gasteiger charge is 2.11. The molecule has 0 bridgehead atoms. The minimum Gasteiger partial charge on any atom is -0.364 e. The lowest BCUT2D eigenvalue weighted by Gasteiger charge is -2.06. The van der Waals surface area contributed by atoms with E-state index in [1.54, 1.807) is 6.92 Å². The van der Waals surface area contributed by atoms with Crippen molar-refractivity contribution in [2.45, 2.75) is 17.6 Å². The zero-order valence-electron chi connectivity index (χ0n) is 11.0. The molecule has 0 saturated carbocycles. The molecule has 1 aromatic heterocycles. The zero-order valence-corrected chi connectivity index (χ0v) is 11.8. The standard InChI is InChI=1S/C14H12F2N2O2S/c1-8-6-12(19)11(7-17-8)13(20)18-9-2-4-10(5-3-9)21-14(15)16/h2-7,14H,1H3,(H,17,19)(H,18,20). The van der Waals surface area contributed by atoms with Gasteiger partial charge in [0.05, 0.1) is 0 Å². The highest BCUT2D eigenvalue weighted by molar-refractivity contribution is 7.99. The van der Waals surface area contributed by atoms with Gasteiger partial charge in [0, 0.05) is 28.5 Å². The Bertz CT molecular complexity index is 699. The summed E-state index contributed by atoms with van der Waals surface area (Å²) < 4.78 is 24.4. The fraction of sp³-hybridized carbons (Fsp3) is 0.143. The number of carbonyl (C=O) groups excluding carboxylic acids is 1. The normalized spacial score (nSPS) is 10.7. The predicted octanol–water partition coefficient (Wildman–Crippen LogP) is 3.25. The summed E-state index contributed by atoms with van der Waals surface area (Å²) in [6.45, 7) is 1.71. The first-order valence-electron chi connectivity index (χ1n) is 6.01. The van der Waals surface area contributed by atoms with Crippen LogP contribution in [-0.2, 0) is 0 Å². The van der Waals surface area contributed by atoms with Gasteiger partial charge in [-0.1, -0.05) is 11.8 Å². The lowest BCUT2D eigenvalue weighted by molar-refractivity contribution is 0.102. The topological polar surface area (TPSA) is 62.0 Å². The van der Waals surface area contributed by atoms with Crippen LogP contribution in [0, 0.1) is 6.92 Å². The molecule has 110 valence electrons. The van der Waals surface area contributed by atoms with Gasteiger partial charge in [0.1, 0.15) is 5.56 Å². The van der Waals surface area contributed by atoms with E-state index in [0.29, 0.717) is 28.0 Å². The van der Waals surface area contributed by atoms with Crippen molar-refractivity contribution in [3.8, 4) is 0 Å². The molecule has 0 unspecified atom stereocenters. The first-order chi connectivity index (χ1) is 9.95. The van der Waals surface area contributed by atoms with Crippen molar-refractivity contribution >= 4 is 23.4 Å². The molecule has 0 atom stereocenters. The number of carbonyl (C=O) groups is 1. The van der Waals surface area contributed by atoms with Gasteiger partial charge in [-0.3, -0.25) is 9.59 Å². The molecule has 0 aliphatic heterocycles. The molecule has 0 spiro atoms. The molecule has 1 amide bonds. The number of halogens is 2. The van der Waals surface area contributed by atoms with E-state index >= 15 is 0 Å². The largest absolute Gasteiger partial charge is 0.364 e. The molecule has 21 heavy (non-hydrogen) atoms. The summed E-state index contributed by atoms with van der Waals surface area (Å²) in [7, 11) is 0. The van der Waals surface area contributed by atoms with E-state index < -0.39 is 11.7 Å². The third-order valence-corrected chi connectivity index (χ3v) is 3.36. The molecule has 0 aliphatic carbocycles. The van der Waals surface area contributed by atoms with E-state index in [2.05, 4.69) is 10.3 Å². The number of hydrogen-bond acceptors (Lipinski definition) is 3. The Kier molecular flexibility index (Phi) is 4.74. The predicted molar refractivity (Wildman–Crippen MR) is 78.1 cm³/mol. The second-order valence-electron chi connectivity index (χ2n) is 4.25. The number of aryl methyl sites for hydroxylation is 1. The molecule has 2 N–H and O–H groups in total. The minimum atomic E-state index is -2.49. The van der Waals surface area contributed by atoms with Crippen LogP contribution in [0.5, 0.6) is 0 Å². The molecule has 0 radical (unpaired) electrons. The van der Waals surface area contributed by atoms with Gasteiger partial charge >= 0.3 is 0 Å². The molecular weight excluding hydrogens is 298 g/mol. The molecule has 1 heterocycles. The lowest BCUT2D eigenvalue weighted by Crippen LogP contribution is -2.21. The van der Waals surface area contributed by atoms with Crippen LogP contribution in [-0.4, -0.2) is 16.6 Å². The molecular formula is C14H12F2N2O2S. The van der Waals surface area contributed by atoms with Gasteiger partial charge in [0.2, 0.25) is 0 Å². The lowest BCUT2D eigenvalue weighted by atomic mass is 10.2. The SMILES string of the molecule is Cc1cc(=O)c(C(=O)Nc2ccc(SC(F)F)cc2)c[nH]1. The summed E-state index contributed by atoms with van der Waals surface area (Å²) in [6, 6.07) is 7.30. The van der Waals surface area contributed by atoms with Crippen molar-refractivity contribution in [2.24, 2.45) is 0 Å². The summed E-state index contributed by atoms with van der Waals surface area (Å²) in [5.74, 6) is -3.04. The molecule has 4 nitrogen and oxygen atoms in total. The van der Waals surface area contributed by atoms with E-state index in [1.807, 2.05) is 0 Å². The average Bonchev–Trinajstić information content (AvgIpc) is 2.40. The third kappa shape index (κ3) is 4.16. The minimum absolute atomic E-state index is 0.00775. The number of pyridine rings is 1. The maximum Gasteiger partial charge on any atom is 0.288 e. The second kappa shape index (κ2) is 6.53. The molecule has 7 heteroatoms. The second-order valence-corrected chi connectivity index (χ2v) is 5.31. The van der Waals surface area contributed by atoms with Crippen LogP contribution in [0.25, 0.3) is 0 Å². The number of hydrogen-bond donors (Lipinski definition) is 2. The van der Waals surface area contributed by atoms with E-state index in [4.69, 9.17) is 0 Å². The fourth-order valence-corrected chi connectivity index (χ4v) is 2.17. The Morgan fingerprint density at radius 2 is 1.95 bits per heavy atom. The Labute approximate surface area is 123 Å². The Morgan fingerprint density at radius 3 is 2.52 bits per heavy atom. The van der Waals surface area contributed by atoms with Crippen LogP contribution in [0.3, 0.4) is 0 Å². The molecule has 2 aromatic rings. The Balaban J connectivity index is 2.10. The van der Waals surface area contributed by atoms with Gasteiger partial charge in [0.25, 0.3) is 11.7 Å². The highest BCUT2D eigenvalue weighted by Crippen LogP contribution is 2.26. The summed E-state index contributed by atoms with van der Waals surface area (Å²) in [5, 5.41) is 2.54. The van der Waals surface area contributed by atoms with E-state index in [-0.39, 0.29) is 11.0 Å². The van der Waals surface area contributed by atoms with E-state index in [0.717, 1.165) is 0 Å². The third-order valence-electron chi connectivity index (χ3n) is 2.64. The number of alkyl halides is 2. The van der Waals surface area contributed by atoms with Crippen molar-refractivity contribution in [3.63, 3.8) is 0 Å². The number of H-pyrrole nitrogens is 1. The summed E-state index contributed by atoms with van der Waals surface area (Å²) in [4.78, 5) is 26.8. The van der Waals surface area contributed by atoms with E-state index in [9.17, 15) is 18.4 Å². The molecule has 0 fully saturated rings. The number of aromatic amines is 1. The van der Waals surface area contributed by atoms with Crippen LogP contribution in [0.4, 0.5) is 14.5 Å². The van der Waals surface area contributed by atoms with Gasteiger partial charge in [-0.2, -0.15) is 8.78 Å². The van der Waals surface area contributed by atoms with Gasteiger partial charge in [-0.25, -0.2) is 0 Å². The maximum absolute atomic E-state index is 12.2. The van der Waals surface area contributed by atoms with Crippen LogP contribution in [0.1, 0.15) is 16.1 Å². The number of aromatic nitrogens is 1. The van der Waals surface area contributed by atoms with Crippen molar-refractivity contribution in [1.29, 1.82) is 0 Å². The Hall–Kier alpha value is -2.15. The summed E-state index contributed by atoms with van der Waals surface area (Å²) in [5.41, 5.74) is 0.698. The van der Waals surface area contributed by atoms with Crippen molar-refractivity contribution < 1.29 is 13.6 Å². The van der Waals surface area contributed by atoms with Crippen molar-refractivity contribution in [2.75, 3.05) is 5.32 Å². The summed E-state index contributed by atoms with van der Waals surface area (Å²) in [6.07, 6.45) is 1.34. The molecule has 0 aliphatic rings. The number of amides is 1. The van der Waals surface area contributed by atoms with Crippen molar-refractivity contribution in [3.05, 3.63) is 58.0 Å². The zero-order chi connectivity index (χ0) is 15.4. The average molecular weight is 310 g/mol. The van der Waals surface area contributed by atoms with E-state index in [1.165, 1.54) is 36.5 Å². The van der Waals surface area contributed by atoms with Crippen molar-refractivity contribution in [1.82, 2.24) is 4.98 Å². The van der Waals surface area contributed by atoms with Gasteiger partial charge in [-0.15, -0.1) is 0 Å². The van der Waals surface area contributed by atoms with Crippen LogP contribution in [0.15, 0.2) is 46.2 Å². The van der Waals surface area contributed by atoms with Gasteiger partial charge in [0.15, 0.2) is 5.43 Å². The molecule has 1 aromatic carbocycles. The summed E-state index contributed by atoms with van der Waals surface area (Å²) >= 11 is 0.425. The quantitative estimate of drug-likeness (QED) is 0.852. The number of thioether (sulfide) groups is 1. The number of rotatable bonds is 4. The smallest absolute Gasteiger partial charge is 0.288 e. The first-order valence-corrected chi connectivity index (χ1v) is 6.89. The van der Waals surface area contributed by atoms with Gasteiger partial charge < -0.3 is 10.3 Å². The van der Waals surface area contributed by atoms with Crippen LogP contribution >= 0.6 is 11.8 Å². The number of anilines is 1. The maximum atomic E-state index is 12.2.